The molecule has 234 valence electrons. The van der Waals surface area contributed by atoms with Crippen molar-refractivity contribution < 1.29 is 17.6 Å². The minimum Gasteiger partial charge on any atom is -0.203 e. The Balaban J connectivity index is 2.52. The Hall–Kier alpha value is -0.799. The van der Waals surface area contributed by atoms with Gasteiger partial charge in [0.15, 0.2) is 23.3 Å². The quantitative estimate of drug-likeness (QED) is 0.145. The van der Waals surface area contributed by atoms with Crippen LogP contribution in [0.25, 0.3) is 11.1 Å². The molecule has 0 saturated carbocycles. The second-order valence-electron chi connectivity index (χ2n) is 18.5. The molecular formula is C32H54F4Si6. The van der Waals surface area contributed by atoms with Crippen LogP contribution in [0.1, 0.15) is 11.1 Å². The van der Waals surface area contributed by atoms with E-state index in [0.717, 1.165) is 20.8 Å². The minimum atomic E-state index is -2.13. The van der Waals surface area contributed by atoms with Crippen molar-refractivity contribution in [1.82, 2.24) is 0 Å². The van der Waals surface area contributed by atoms with Crippen molar-refractivity contribution in [2.75, 3.05) is 0 Å². The van der Waals surface area contributed by atoms with Crippen LogP contribution >= 0.6 is 0 Å². The molecule has 0 bridgehead atoms. The van der Waals surface area contributed by atoms with Gasteiger partial charge in [0.1, 0.15) is 0 Å². The van der Waals surface area contributed by atoms with Gasteiger partial charge in [-0.05, 0) is 11.1 Å². The van der Waals surface area contributed by atoms with Crippen LogP contribution in [0.15, 0.2) is 31.2 Å². The minimum absolute atomic E-state index is 0.468. The van der Waals surface area contributed by atoms with Crippen molar-refractivity contribution in [1.29, 1.82) is 0 Å². The first kappa shape index (κ1) is 35.7. The van der Waals surface area contributed by atoms with Crippen LogP contribution in [-0.2, 0) is 0 Å². The lowest BCUT2D eigenvalue weighted by atomic mass is 9.90. The van der Waals surface area contributed by atoms with Gasteiger partial charge >= 0.3 is 0 Å². The molecule has 1 aromatic rings. The average molecular weight is 683 g/mol. The molecule has 2 aliphatic rings. The van der Waals surface area contributed by atoms with Gasteiger partial charge in [0.2, 0.25) is 0 Å². The molecule has 0 spiro atoms. The molecule has 0 heterocycles. The van der Waals surface area contributed by atoms with E-state index in [9.17, 15) is 0 Å². The highest BCUT2D eigenvalue weighted by Gasteiger charge is 2.51. The molecule has 0 N–H and O–H groups in total. The van der Waals surface area contributed by atoms with Crippen molar-refractivity contribution >= 4 is 59.6 Å². The van der Waals surface area contributed by atoms with Gasteiger partial charge in [-0.25, -0.2) is 17.6 Å². The molecule has 0 atom stereocenters. The van der Waals surface area contributed by atoms with Crippen LogP contribution in [0.3, 0.4) is 0 Å². The van der Waals surface area contributed by atoms with E-state index in [1.165, 1.54) is 10.4 Å². The van der Waals surface area contributed by atoms with E-state index < -0.39 is 82.8 Å². The topological polar surface area (TPSA) is 0 Å². The second kappa shape index (κ2) is 10.4. The number of benzene rings is 1. The zero-order valence-electron chi connectivity index (χ0n) is 29.5. The van der Waals surface area contributed by atoms with E-state index in [4.69, 9.17) is 0 Å². The largest absolute Gasteiger partial charge is 0.203 e. The van der Waals surface area contributed by atoms with E-state index in [-0.39, 0.29) is 0 Å². The van der Waals surface area contributed by atoms with Gasteiger partial charge < -0.3 is 0 Å². The summed E-state index contributed by atoms with van der Waals surface area (Å²) in [6, 6.07) is 0. The summed E-state index contributed by atoms with van der Waals surface area (Å²) < 4.78 is 66.5. The number of hydrogen-bond acceptors (Lipinski definition) is 0. The highest BCUT2D eigenvalue weighted by atomic mass is 28.3. The zero-order valence-corrected chi connectivity index (χ0v) is 35.5. The highest BCUT2D eigenvalue weighted by molar-refractivity contribution is 7.00. The molecule has 0 aliphatic heterocycles. The molecule has 10 heteroatoms. The fourth-order valence-electron chi connectivity index (χ4n) is 6.95. The molecule has 0 aromatic heterocycles. The van der Waals surface area contributed by atoms with Crippen LogP contribution in [0.5, 0.6) is 0 Å². The number of allylic oxidation sites excluding steroid dienone is 8. The molecular weight excluding hydrogens is 629 g/mol. The maximum absolute atomic E-state index is 16.6. The van der Waals surface area contributed by atoms with E-state index in [2.05, 4.69) is 118 Å². The Labute approximate surface area is 259 Å². The predicted molar refractivity (Wildman–Crippen MR) is 194 cm³/mol. The molecule has 0 fully saturated rings. The second-order valence-corrected chi connectivity index (χ2v) is 48.5. The van der Waals surface area contributed by atoms with Gasteiger partial charge in [-0.2, -0.15) is 0 Å². The van der Waals surface area contributed by atoms with Gasteiger partial charge in [0, 0.05) is 0 Å². The third-order valence-electron chi connectivity index (χ3n) is 8.26. The van der Waals surface area contributed by atoms with Gasteiger partial charge in [0.05, 0.1) is 59.6 Å². The Morgan fingerprint density at radius 2 is 0.429 bits per heavy atom. The normalized spacial score (nSPS) is 17.9. The Morgan fingerprint density at radius 3 is 0.571 bits per heavy atom. The summed E-state index contributed by atoms with van der Waals surface area (Å²) in [7, 11) is -12.3. The Kier molecular flexibility index (Phi) is 8.81. The highest BCUT2D eigenvalue weighted by Crippen LogP contribution is 2.57. The lowest BCUT2D eigenvalue weighted by molar-refractivity contribution is 0.446. The smallest absolute Gasteiger partial charge is 0.170 e. The van der Waals surface area contributed by atoms with Crippen molar-refractivity contribution in [3.8, 4) is 0 Å². The summed E-state index contributed by atoms with van der Waals surface area (Å²) in [5.74, 6) is -4.89. The molecule has 0 nitrogen and oxygen atoms in total. The van der Waals surface area contributed by atoms with Gasteiger partial charge in [-0.15, -0.1) is 0 Å². The molecule has 3 rings (SSSR count). The van der Waals surface area contributed by atoms with E-state index in [1.807, 2.05) is 0 Å². The monoisotopic (exact) mass is 682 g/mol. The van der Waals surface area contributed by atoms with E-state index in [1.54, 1.807) is 0 Å². The van der Waals surface area contributed by atoms with Crippen LogP contribution in [-0.4, -0.2) is 48.4 Å². The fraction of sp³-hybridized carbons (Fsp3) is 0.562. The average Bonchev–Trinajstić information content (AvgIpc) is 2.63. The molecule has 1 aromatic carbocycles. The summed E-state index contributed by atoms with van der Waals surface area (Å²) in [5.41, 5.74) is 0.0387. The summed E-state index contributed by atoms with van der Waals surface area (Å²) in [6.45, 7) is 39.6. The van der Waals surface area contributed by atoms with Crippen LogP contribution in [0, 0.1) is 23.3 Å². The number of halogens is 4. The Bertz CT molecular complexity index is 1340. The summed E-state index contributed by atoms with van der Waals surface area (Å²) in [5, 5.41) is 6.61. The van der Waals surface area contributed by atoms with Gasteiger partial charge in [-0.1, -0.05) is 149 Å². The standard InChI is InChI=1S/C32H54F4Si6/c1-37(2,3)27-21(28(38(4,5)6)31(27)41(13,14)15)19-23(33)25(35)20(26(36)24(19)34)22-29(39(7,8)9)32(42(16,17)18)30(22)40(10,11)12/h1-18H3. The first-order valence-corrected chi connectivity index (χ1v) is 36.3. The van der Waals surface area contributed by atoms with Crippen molar-refractivity contribution in [2.45, 2.75) is 118 Å². The lowest BCUT2D eigenvalue weighted by Gasteiger charge is -2.48. The van der Waals surface area contributed by atoms with E-state index in [0.29, 0.717) is 11.1 Å². The molecule has 2 aliphatic carbocycles. The fourth-order valence-corrected chi connectivity index (χ4v) is 27.4. The van der Waals surface area contributed by atoms with Crippen molar-refractivity contribution in [3.05, 3.63) is 65.6 Å². The van der Waals surface area contributed by atoms with Crippen molar-refractivity contribution in [2.24, 2.45) is 0 Å². The first-order chi connectivity index (χ1) is 18.4. The summed E-state index contributed by atoms with van der Waals surface area (Å²) >= 11 is 0. The zero-order chi connectivity index (χ0) is 33.1. The van der Waals surface area contributed by atoms with Gasteiger partial charge in [0.25, 0.3) is 0 Å². The maximum atomic E-state index is 16.6. The Morgan fingerprint density at radius 1 is 0.262 bits per heavy atom. The first-order valence-electron chi connectivity index (χ1n) is 15.3. The third kappa shape index (κ3) is 5.81. The molecule has 0 amide bonds. The van der Waals surface area contributed by atoms with Crippen LogP contribution in [0.4, 0.5) is 17.6 Å². The molecule has 0 saturated heterocycles. The van der Waals surface area contributed by atoms with Gasteiger partial charge in [-0.3, -0.25) is 0 Å². The summed E-state index contributed by atoms with van der Waals surface area (Å²) in [4.78, 5) is 0. The van der Waals surface area contributed by atoms with Crippen molar-refractivity contribution in [3.63, 3.8) is 0 Å². The third-order valence-corrected chi connectivity index (χ3v) is 21.3. The number of hydrogen-bond donors (Lipinski definition) is 0. The maximum Gasteiger partial charge on any atom is 0.170 e. The summed E-state index contributed by atoms with van der Waals surface area (Å²) in [6.07, 6.45) is 0. The van der Waals surface area contributed by atoms with Crippen LogP contribution < -0.4 is 0 Å². The number of rotatable bonds is 8. The molecule has 0 unspecified atom stereocenters. The predicted octanol–water partition coefficient (Wildman–Crippen LogP) is 11.6. The van der Waals surface area contributed by atoms with E-state index >= 15 is 17.6 Å². The SMILES string of the molecule is C[Si](C)(C)C1=C(c2c(F)c(F)c(C3=C([Si](C)(C)C)C([Si](C)(C)C)=C3[Si](C)(C)C)c(F)c2F)C([Si](C)(C)C)=C1[Si](C)(C)C. The lowest BCUT2D eigenvalue weighted by Crippen LogP contribution is -2.47. The molecule has 0 radical (unpaired) electrons. The van der Waals surface area contributed by atoms with Crippen LogP contribution in [0.2, 0.25) is 118 Å². The molecule has 42 heavy (non-hydrogen) atoms.